The molecule has 116 valence electrons. The zero-order chi connectivity index (χ0) is 15.7. The third-order valence-electron chi connectivity index (χ3n) is 4.13. The second-order valence-corrected chi connectivity index (χ2v) is 5.73. The molecule has 0 spiro atoms. The van der Waals surface area contributed by atoms with Gasteiger partial charge in [0.05, 0.1) is 7.11 Å². The first-order chi connectivity index (χ1) is 10.1. The second-order valence-electron chi connectivity index (χ2n) is 5.73. The van der Waals surface area contributed by atoms with Gasteiger partial charge in [-0.15, -0.1) is 0 Å². The maximum Gasteiger partial charge on any atom is 0.111 e. The first-order valence-corrected chi connectivity index (χ1v) is 8.09. The first kappa shape index (κ1) is 17.6. The predicted octanol–water partition coefficient (Wildman–Crippen LogP) is 6.12. The van der Waals surface area contributed by atoms with Crippen LogP contribution in [0.3, 0.4) is 0 Å². The molecule has 1 unspecified atom stereocenters. The van der Waals surface area contributed by atoms with E-state index in [0.717, 1.165) is 0 Å². The van der Waals surface area contributed by atoms with E-state index in [1.165, 1.54) is 37.7 Å². The van der Waals surface area contributed by atoms with Crippen molar-refractivity contribution in [3.63, 3.8) is 0 Å². The van der Waals surface area contributed by atoms with E-state index in [1.54, 1.807) is 18.3 Å². The van der Waals surface area contributed by atoms with Crippen LogP contribution in [-0.4, -0.2) is 7.11 Å². The lowest BCUT2D eigenvalue weighted by atomic mass is 9.81. The topological polar surface area (TPSA) is 9.23 Å². The minimum Gasteiger partial charge on any atom is -0.497 e. The maximum absolute atomic E-state index is 5.06. The summed E-state index contributed by atoms with van der Waals surface area (Å²) in [6, 6.07) is 0. The Hall–Kier alpha value is -1.50. The molecule has 0 bridgehead atoms. The Morgan fingerprint density at radius 2 is 1.90 bits per heavy atom. The number of hydrogen-bond acceptors (Lipinski definition) is 1. The summed E-state index contributed by atoms with van der Waals surface area (Å²) < 4.78 is 5.06. The molecule has 1 rings (SSSR count). The highest BCUT2D eigenvalue weighted by atomic mass is 16.5. The third-order valence-corrected chi connectivity index (χ3v) is 4.13. The van der Waals surface area contributed by atoms with Crippen LogP contribution in [0.25, 0.3) is 0 Å². The molecular weight excluding hydrogens is 256 g/mol. The van der Waals surface area contributed by atoms with Crippen LogP contribution >= 0.6 is 0 Å². The Balaban J connectivity index is 2.82. The van der Waals surface area contributed by atoms with Crippen molar-refractivity contribution in [2.75, 3.05) is 7.11 Å². The van der Waals surface area contributed by atoms with Crippen LogP contribution in [0, 0.1) is 5.92 Å². The van der Waals surface area contributed by atoms with Gasteiger partial charge in [0.25, 0.3) is 0 Å². The van der Waals surface area contributed by atoms with E-state index in [0.29, 0.717) is 11.7 Å². The zero-order valence-electron chi connectivity index (χ0n) is 14.1. The van der Waals surface area contributed by atoms with Crippen LogP contribution in [0.5, 0.6) is 0 Å². The van der Waals surface area contributed by atoms with Crippen molar-refractivity contribution in [1.29, 1.82) is 0 Å². The lowest BCUT2D eigenvalue weighted by Crippen LogP contribution is -2.07. The standard InChI is InChI=1S/C20H30O/c1-6-9-16(3)20(19-10-8-11-19)15-14-18(7-2)13-12-17(4)21-5/h7,12-16H,4,6,8-11H2,1-3,5H3. The minimum absolute atomic E-state index is 0.664. The molecule has 0 heterocycles. The fourth-order valence-electron chi connectivity index (χ4n) is 2.55. The molecule has 1 heteroatoms. The SMILES string of the molecule is C=C(C=CC(C=CC(=C1CCC1)C(C)CCC)=CC)OC. The third kappa shape index (κ3) is 5.79. The fourth-order valence-corrected chi connectivity index (χ4v) is 2.55. The van der Waals surface area contributed by atoms with Crippen LogP contribution < -0.4 is 0 Å². The average Bonchev–Trinajstić information content (AvgIpc) is 2.43. The van der Waals surface area contributed by atoms with Crippen LogP contribution in [0.4, 0.5) is 0 Å². The van der Waals surface area contributed by atoms with Crippen molar-refractivity contribution >= 4 is 0 Å². The van der Waals surface area contributed by atoms with Gasteiger partial charge in [-0.2, -0.15) is 0 Å². The minimum atomic E-state index is 0.664. The fraction of sp³-hybridized carbons (Fsp3) is 0.500. The van der Waals surface area contributed by atoms with Crippen molar-refractivity contribution in [1.82, 2.24) is 0 Å². The first-order valence-electron chi connectivity index (χ1n) is 8.09. The van der Waals surface area contributed by atoms with E-state index in [4.69, 9.17) is 4.74 Å². The van der Waals surface area contributed by atoms with E-state index >= 15 is 0 Å². The lowest BCUT2D eigenvalue weighted by molar-refractivity contribution is 0.309. The monoisotopic (exact) mass is 286 g/mol. The predicted molar refractivity (Wildman–Crippen MR) is 93.1 cm³/mol. The molecule has 0 aliphatic heterocycles. The van der Waals surface area contributed by atoms with E-state index in [9.17, 15) is 0 Å². The quantitative estimate of drug-likeness (QED) is 0.385. The van der Waals surface area contributed by atoms with Gasteiger partial charge in [0.2, 0.25) is 0 Å². The highest BCUT2D eigenvalue weighted by Gasteiger charge is 2.16. The van der Waals surface area contributed by atoms with Gasteiger partial charge >= 0.3 is 0 Å². The summed E-state index contributed by atoms with van der Waals surface area (Å²) >= 11 is 0. The Morgan fingerprint density at radius 1 is 1.24 bits per heavy atom. The van der Waals surface area contributed by atoms with Crippen molar-refractivity contribution < 1.29 is 4.74 Å². The van der Waals surface area contributed by atoms with Crippen LogP contribution in [0.1, 0.15) is 52.9 Å². The largest absolute Gasteiger partial charge is 0.497 e. The van der Waals surface area contributed by atoms with Crippen LogP contribution in [0.15, 0.2) is 59.4 Å². The molecule has 0 saturated heterocycles. The molecule has 0 aromatic rings. The van der Waals surface area contributed by atoms with Crippen LogP contribution in [0.2, 0.25) is 0 Å². The number of methoxy groups -OCH3 is 1. The molecule has 1 fully saturated rings. The molecular formula is C20H30O. The highest BCUT2D eigenvalue weighted by molar-refractivity contribution is 5.39. The highest BCUT2D eigenvalue weighted by Crippen LogP contribution is 2.34. The number of rotatable bonds is 8. The van der Waals surface area contributed by atoms with Crippen molar-refractivity contribution in [3.8, 4) is 0 Å². The summed E-state index contributed by atoms with van der Waals surface area (Å²) in [5.74, 6) is 1.34. The molecule has 0 aromatic carbocycles. The summed E-state index contributed by atoms with van der Waals surface area (Å²) in [7, 11) is 1.64. The molecule has 0 aromatic heterocycles. The van der Waals surface area contributed by atoms with Gasteiger partial charge in [-0.1, -0.05) is 56.7 Å². The Morgan fingerprint density at radius 3 is 2.38 bits per heavy atom. The molecule has 21 heavy (non-hydrogen) atoms. The summed E-state index contributed by atoms with van der Waals surface area (Å²) in [4.78, 5) is 0. The summed E-state index contributed by atoms with van der Waals surface area (Å²) in [5, 5.41) is 0. The smallest absolute Gasteiger partial charge is 0.111 e. The van der Waals surface area contributed by atoms with Crippen molar-refractivity contribution in [3.05, 3.63) is 59.4 Å². The van der Waals surface area contributed by atoms with Crippen molar-refractivity contribution in [2.24, 2.45) is 5.92 Å². The molecule has 0 N–H and O–H groups in total. The van der Waals surface area contributed by atoms with Gasteiger partial charge in [-0.25, -0.2) is 0 Å². The average molecular weight is 286 g/mol. The van der Waals surface area contributed by atoms with Gasteiger partial charge in [0.1, 0.15) is 5.76 Å². The molecule has 1 nitrogen and oxygen atoms in total. The molecule has 1 atom stereocenters. The molecule has 0 radical (unpaired) electrons. The number of ether oxygens (including phenoxy) is 1. The molecule has 1 saturated carbocycles. The van der Waals surface area contributed by atoms with Gasteiger partial charge in [0.15, 0.2) is 0 Å². The molecule has 1 aliphatic rings. The summed E-state index contributed by atoms with van der Waals surface area (Å²) in [6.45, 7) is 10.5. The van der Waals surface area contributed by atoms with E-state index in [1.807, 2.05) is 6.08 Å². The summed E-state index contributed by atoms with van der Waals surface area (Å²) in [6.07, 6.45) is 17.1. The Labute approximate surface area is 130 Å². The van der Waals surface area contributed by atoms with Gasteiger partial charge < -0.3 is 4.74 Å². The van der Waals surface area contributed by atoms with E-state index in [2.05, 4.69) is 51.7 Å². The summed E-state index contributed by atoms with van der Waals surface area (Å²) in [5.41, 5.74) is 4.41. The molecule has 0 amide bonds. The Kier molecular flexibility index (Phi) is 7.89. The normalized spacial score (nSPS) is 17.1. The van der Waals surface area contributed by atoms with Gasteiger partial charge in [-0.05, 0) is 55.7 Å². The van der Waals surface area contributed by atoms with Crippen LogP contribution in [-0.2, 0) is 4.74 Å². The van der Waals surface area contributed by atoms with Gasteiger partial charge in [0, 0.05) is 0 Å². The maximum atomic E-state index is 5.06. The van der Waals surface area contributed by atoms with E-state index < -0.39 is 0 Å². The van der Waals surface area contributed by atoms with Crippen molar-refractivity contribution in [2.45, 2.75) is 52.9 Å². The Bertz CT molecular complexity index is 454. The second kappa shape index (κ2) is 9.44. The lowest BCUT2D eigenvalue weighted by Gasteiger charge is -2.24. The van der Waals surface area contributed by atoms with Gasteiger partial charge in [-0.3, -0.25) is 0 Å². The van der Waals surface area contributed by atoms with E-state index in [-0.39, 0.29) is 0 Å². The zero-order valence-corrected chi connectivity index (χ0v) is 14.1. The number of allylic oxidation sites excluding steroid dienone is 8. The molecule has 1 aliphatic carbocycles. The number of hydrogen-bond donors (Lipinski definition) is 0.